The van der Waals surface area contributed by atoms with Crippen LogP contribution in [0.3, 0.4) is 0 Å². The summed E-state index contributed by atoms with van der Waals surface area (Å²) in [5, 5.41) is 4.80. The number of fused-ring (bicyclic) bond motifs is 2. The van der Waals surface area contributed by atoms with E-state index in [9.17, 15) is 4.79 Å². The van der Waals surface area contributed by atoms with Crippen LogP contribution < -0.4 is 0 Å². The number of imidazole rings is 1. The largest absolute Gasteiger partial charge is 0.336 e. The van der Waals surface area contributed by atoms with Crippen LogP contribution >= 0.6 is 0 Å². The van der Waals surface area contributed by atoms with Gasteiger partial charge in [0.2, 0.25) is 0 Å². The molecule has 6 rings (SSSR count). The molecule has 4 heterocycles. The van der Waals surface area contributed by atoms with Gasteiger partial charge in [0.15, 0.2) is 0 Å². The Morgan fingerprint density at radius 1 is 1.26 bits per heavy atom. The fourth-order valence-electron chi connectivity index (χ4n) is 4.21. The maximum Gasteiger partial charge on any atom is 0.259 e. The first-order valence-electron chi connectivity index (χ1n) is 9.80. The number of rotatable bonds is 3. The molecule has 0 radical (unpaired) electrons. The standard InChI is InChI=1S/C20H21N5O2/c1-11-18-14(8-15(12-2-3-12)22-19(18)27-23-11)20(26)24-7-6-17-16(9-24)21-10-25(17)13-4-5-13/h8,10,12-13H,2-7,9H2,1H3. The maximum absolute atomic E-state index is 13.4. The fraction of sp³-hybridized carbons (Fsp3) is 0.500. The highest BCUT2D eigenvalue weighted by Gasteiger charge is 2.33. The van der Waals surface area contributed by atoms with Gasteiger partial charge in [-0.2, -0.15) is 0 Å². The average molecular weight is 363 g/mol. The van der Waals surface area contributed by atoms with E-state index in [1.165, 1.54) is 18.5 Å². The zero-order chi connectivity index (χ0) is 18.1. The van der Waals surface area contributed by atoms with Gasteiger partial charge in [0, 0.05) is 36.3 Å². The Balaban J connectivity index is 1.37. The molecule has 0 N–H and O–H groups in total. The van der Waals surface area contributed by atoms with Crippen LogP contribution in [0.15, 0.2) is 16.9 Å². The van der Waals surface area contributed by atoms with Gasteiger partial charge in [-0.25, -0.2) is 9.97 Å². The minimum atomic E-state index is 0.0298. The molecule has 7 nitrogen and oxygen atoms in total. The molecule has 2 saturated carbocycles. The molecule has 0 spiro atoms. The van der Waals surface area contributed by atoms with Crippen LogP contribution in [-0.2, 0) is 13.0 Å². The summed E-state index contributed by atoms with van der Waals surface area (Å²) in [6, 6.07) is 2.59. The van der Waals surface area contributed by atoms with E-state index >= 15 is 0 Å². The van der Waals surface area contributed by atoms with Crippen LogP contribution in [-0.4, -0.2) is 37.0 Å². The number of pyridine rings is 1. The van der Waals surface area contributed by atoms with Gasteiger partial charge < -0.3 is 14.0 Å². The molecule has 0 aromatic carbocycles. The summed E-state index contributed by atoms with van der Waals surface area (Å²) in [6.45, 7) is 3.16. The number of hydrogen-bond donors (Lipinski definition) is 0. The summed E-state index contributed by atoms with van der Waals surface area (Å²) < 4.78 is 7.71. The smallest absolute Gasteiger partial charge is 0.259 e. The molecule has 138 valence electrons. The van der Waals surface area contributed by atoms with Crippen LogP contribution in [0.4, 0.5) is 0 Å². The van der Waals surface area contributed by atoms with Crippen LogP contribution in [0.5, 0.6) is 0 Å². The minimum absolute atomic E-state index is 0.0298. The van der Waals surface area contributed by atoms with Gasteiger partial charge in [-0.05, 0) is 38.7 Å². The maximum atomic E-state index is 13.4. The lowest BCUT2D eigenvalue weighted by Crippen LogP contribution is -2.36. The molecular weight excluding hydrogens is 342 g/mol. The van der Waals surface area contributed by atoms with E-state index < -0.39 is 0 Å². The van der Waals surface area contributed by atoms with Crippen molar-refractivity contribution in [3.05, 3.63) is 40.7 Å². The predicted octanol–water partition coefficient (Wildman–Crippen LogP) is 3.14. The lowest BCUT2D eigenvalue weighted by molar-refractivity contribution is 0.0732. The van der Waals surface area contributed by atoms with Gasteiger partial charge in [-0.3, -0.25) is 4.79 Å². The zero-order valence-corrected chi connectivity index (χ0v) is 15.3. The normalized spacial score (nSPS) is 19.5. The van der Waals surface area contributed by atoms with Crippen molar-refractivity contribution in [2.75, 3.05) is 6.54 Å². The van der Waals surface area contributed by atoms with Crippen molar-refractivity contribution in [2.45, 2.75) is 57.5 Å². The molecular formula is C20H21N5O2. The van der Waals surface area contributed by atoms with Crippen LogP contribution in [0.25, 0.3) is 11.1 Å². The van der Waals surface area contributed by atoms with Gasteiger partial charge >= 0.3 is 0 Å². The number of amides is 1. The number of carbonyl (C=O) groups excluding carboxylic acids is 1. The van der Waals surface area contributed by atoms with Gasteiger partial charge in [-0.15, -0.1) is 0 Å². The molecule has 3 aromatic heterocycles. The first kappa shape index (κ1) is 15.4. The molecule has 1 aliphatic heterocycles. The monoisotopic (exact) mass is 363 g/mol. The molecule has 0 atom stereocenters. The third-order valence-corrected chi connectivity index (χ3v) is 6.03. The van der Waals surface area contributed by atoms with Crippen molar-refractivity contribution in [2.24, 2.45) is 0 Å². The summed E-state index contributed by atoms with van der Waals surface area (Å²) >= 11 is 0. The van der Waals surface area contributed by atoms with Crippen molar-refractivity contribution in [3.8, 4) is 0 Å². The fourth-order valence-corrected chi connectivity index (χ4v) is 4.21. The molecule has 2 aliphatic carbocycles. The highest BCUT2D eigenvalue weighted by atomic mass is 16.5. The van der Waals surface area contributed by atoms with Crippen molar-refractivity contribution in [1.82, 2.24) is 24.6 Å². The van der Waals surface area contributed by atoms with Crippen LogP contribution in [0, 0.1) is 6.92 Å². The Bertz CT molecular complexity index is 1070. The lowest BCUT2D eigenvalue weighted by Gasteiger charge is -2.27. The van der Waals surface area contributed by atoms with Crippen molar-refractivity contribution < 1.29 is 9.32 Å². The molecule has 27 heavy (non-hydrogen) atoms. The third kappa shape index (κ3) is 2.40. The number of aryl methyl sites for hydroxylation is 1. The summed E-state index contributed by atoms with van der Waals surface area (Å²) in [5.74, 6) is 0.482. The van der Waals surface area contributed by atoms with Gasteiger partial charge in [0.25, 0.3) is 11.6 Å². The van der Waals surface area contributed by atoms with Crippen molar-refractivity contribution in [3.63, 3.8) is 0 Å². The Morgan fingerprint density at radius 3 is 2.89 bits per heavy atom. The first-order valence-corrected chi connectivity index (χ1v) is 9.80. The van der Waals surface area contributed by atoms with Gasteiger partial charge in [0.05, 0.1) is 35.2 Å². The number of hydrogen-bond acceptors (Lipinski definition) is 5. The molecule has 0 unspecified atom stereocenters. The van der Waals surface area contributed by atoms with Crippen molar-refractivity contribution >= 4 is 17.0 Å². The first-order chi connectivity index (χ1) is 13.2. The van der Waals surface area contributed by atoms with Crippen molar-refractivity contribution in [1.29, 1.82) is 0 Å². The third-order valence-electron chi connectivity index (χ3n) is 6.03. The second-order valence-electron chi connectivity index (χ2n) is 8.07. The molecule has 3 aliphatic rings. The Morgan fingerprint density at radius 2 is 2.11 bits per heavy atom. The van der Waals surface area contributed by atoms with Crippen LogP contribution in [0.1, 0.15) is 70.8 Å². The number of carbonyl (C=O) groups is 1. The Kier molecular flexibility index (Phi) is 3.08. The molecule has 2 fully saturated rings. The molecule has 7 heteroatoms. The Hall–Kier alpha value is -2.70. The summed E-state index contributed by atoms with van der Waals surface area (Å²) in [7, 11) is 0. The molecule has 3 aromatic rings. The highest BCUT2D eigenvalue weighted by Crippen LogP contribution is 2.41. The topological polar surface area (TPSA) is 77.1 Å². The van der Waals surface area contributed by atoms with E-state index in [4.69, 9.17) is 4.52 Å². The SMILES string of the molecule is Cc1noc2nc(C3CC3)cc(C(=O)N3CCc4c(ncn4C4CC4)C3)c12. The van der Waals surface area contributed by atoms with Gasteiger partial charge in [-0.1, -0.05) is 5.16 Å². The summed E-state index contributed by atoms with van der Waals surface area (Å²) in [4.78, 5) is 24.5. The predicted molar refractivity (Wildman–Crippen MR) is 97.5 cm³/mol. The van der Waals surface area contributed by atoms with E-state index in [2.05, 4.69) is 19.7 Å². The quantitative estimate of drug-likeness (QED) is 0.714. The van der Waals surface area contributed by atoms with E-state index in [1.807, 2.05) is 24.2 Å². The molecule has 0 saturated heterocycles. The second-order valence-corrected chi connectivity index (χ2v) is 8.07. The molecule has 0 bridgehead atoms. The van der Waals surface area contributed by atoms with E-state index in [1.54, 1.807) is 0 Å². The van der Waals surface area contributed by atoms with E-state index in [0.29, 0.717) is 29.8 Å². The minimum Gasteiger partial charge on any atom is -0.336 e. The molecule has 1 amide bonds. The van der Waals surface area contributed by atoms with E-state index in [0.717, 1.165) is 48.3 Å². The van der Waals surface area contributed by atoms with Crippen LogP contribution in [0.2, 0.25) is 0 Å². The average Bonchev–Trinajstić information content (AvgIpc) is 3.62. The Labute approximate surface area is 156 Å². The summed E-state index contributed by atoms with van der Waals surface area (Å²) in [5.41, 5.74) is 5.18. The summed E-state index contributed by atoms with van der Waals surface area (Å²) in [6.07, 6.45) is 7.57. The van der Waals surface area contributed by atoms with Gasteiger partial charge in [0.1, 0.15) is 0 Å². The highest BCUT2D eigenvalue weighted by molar-refractivity contribution is 6.06. The number of nitrogens with zero attached hydrogens (tertiary/aromatic N) is 5. The number of aromatic nitrogens is 4. The second kappa shape index (κ2) is 5.41. The van der Waals surface area contributed by atoms with E-state index in [-0.39, 0.29) is 5.91 Å². The lowest BCUT2D eigenvalue weighted by atomic mass is 10.0. The zero-order valence-electron chi connectivity index (χ0n) is 15.3.